The lowest BCUT2D eigenvalue weighted by atomic mass is 9.94. The van der Waals surface area contributed by atoms with Gasteiger partial charge in [-0.2, -0.15) is 0 Å². The largest absolute Gasteiger partial charge is 0.487 e. The van der Waals surface area contributed by atoms with Crippen molar-refractivity contribution in [2.24, 2.45) is 0 Å². The van der Waals surface area contributed by atoms with Crippen LogP contribution in [0.25, 0.3) is 0 Å². The van der Waals surface area contributed by atoms with E-state index in [0.29, 0.717) is 6.42 Å². The summed E-state index contributed by atoms with van der Waals surface area (Å²) in [5.74, 6) is 0.135. The van der Waals surface area contributed by atoms with Crippen molar-refractivity contribution in [2.75, 3.05) is 0 Å². The average Bonchev–Trinajstić information content (AvgIpc) is 2.51. The number of benzene rings is 1. The summed E-state index contributed by atoms with van der Waals surface area (Å²) in [4.78, 5) is 10.6. The summed E-state index contributed by atoms with van der Waals surface area (Å²) in [6.07, 6.45) is 1.51. The minimum Gasteiger partial charge on any atom is -0.487 e. The molecule has 1 aromatic rings. The van der Waals surface area contributed by atoms with Crippen LogP contribution in [0.2, 0.25) is 0 Å². The van der Waals surface area contributed by atoms with E-state index in [1.54, 1.807) is 0 Å². The van der Waals surface area contributed by atoms with E-state index in [-0.39, 0.29) is 12.0 Å². The smallest absolute Gasteiger partial charge is 0.303 e. The van der Waals surface area contributed by atoms with Gasteiger partial charge in [0.25, 0.3) is 0 Å². The van der Waals surface area contributed by atoms with Crippen molar-refractivity contribution in [2.45, 2.75) is 38.7 Å². The molecule has 16 heavy (non-hydrogen) atoms. The van der Waals surface area contributed by atoms with E-state index in [0.717, 1.165) is 12.2 Å². The highest BCUT2D eigenvalue weighted by molar-refractivity contribution is 5.66. The van der Waals surface area contributed by atoms with Crippen molar-refractivity contribution in [3.05, 3.63) is 29.3 Å². The molecule has 2 rings (SSSR count). The van der Waals surface area contributed by atoms with E-state index in [4.69, 9.17) is 9.84 Å². The number of ether oxygens (including phenoxy) is 1. The van der Waals surface area contributed by atoms with E-state index < -0.39 is 5.97 Å². The molecule has 1 aliphatic heterocycles. The third-order valence-electron chi connectivity index (χ3n) is 3.00. The fourth-order valence-corrected chi connectivity index (χ4v) is 2.16. The summed E-state index contributed by atoms with van der Waals surface area (Å²) in [7, 11) is 0. The fourth-order valence-electron chi connectivity index (χ4n) is 2.16. The molecule has 1 unspecified atom stereocenters. The van der Waals surface area contributed by atoms with Crippen LogP contribution in [0, 0.1) is 6.92 Å². The Hall–Kier alpha value is -1.51. The van der Waals surface area contributed by atoms with Crippen molar-refractivity contribution >= 4 is 5.97 Å². The molecule has 0 fully saturated rings. The lowest BCUT2D eigenvalue weighted by Crippen LogP contribution is -2.30. The number of carboxylic acid groups (broad SMARTS) is 1. The molecule has 1 heterocycles. The molecule has 0 saturated heterocycles. The van der Waals surface area contributed by atoms with Gasteiger partial charge in [0.1, 0.15) is 11.4 Å². The molecule has 3 nitrogen and oxygen atoms in total. The Kier molecular flexibility index (Phi) is 2.62. The predicted octanol–water partition coefficient (Wildman–Crippen LogP) is 2.55. The second-order valence-corrected chi connectivity index (χ2v) is 4.73. The number of carbonyl (C=O) groups is 1. The van der Waals surface area contributed by atoms with Crippen LogP contribution in [0.1, 0.15) is 30.9 Å². The Labute approximate surface area is 95.0 Å². The maximum atomic E-state index is 10.6. The Balaban J connectivity index is 2.11. The van der Waals surface area contributed by atoms with E-state index in [9.17, 15) is 4.79 Å². The maximum absolute atomic E-state index is 10.6. The Morgan fingerprint density at radius 1 is 1.56 bits per heavy atom. The predicted molar refractivity (Wildman–Crippen MR) is 60.8 cm³/mol. The summed E-state index contributed by atoms with van der Waals surface area (Å²) in [6.45, 7) is 4.03. The number of aryl methyl sites for hydroxylation is 1. The van der Waals surface area contributed by atoms with Crippen LogP contribution >= 0.6 is 0 Å². The van der Waals surface area contributed by atoms with Gasteiger partial charge in [-0.25, -0.2) is 0 Å². The minimum atomic E-state index is -0.767. The van der Waals surface area contributed by atoms with E-state index in [1.165, 1.54) is 11.1 Å². The van der Waals surface area contributed by atoms with Crippen LogP contribution in [-0.4, -0.2) is 16.7 Å². The van der Waals surface area contributed by atoms with Gasteiger partial charge in [-0.3, -0.25) is 4.79 Å². The van der Waals surface area contributed by atoms with E-state index in [2.05, 4.69) is 6.07 Å². The van der Waals surface area contributed by atoms with Gasteiger partial charge >= 0.3 is 5.97 Å². The summed E-state index contributed by atoms with van der Waals surface area (Å²) >= 11 is 0. The highest BCUT2D eigenvalue weighted by Gasteiger charge is 2.34. The van der Waals surface area contributed by atoms with Gasteiger partial charge in [-0.15, -0.1) is 0 Å². The van der Waals surface area contributed by atoms with Gasteiger partial charge in [-0.1, -0.05) is 17.7 Å². The standard InChI is InChI=1S/C13H16O3/c1-9-3-4-11-10(7-9)8-13(2,16-11)6-5-12(14)15/h3-4,7H,5-6,8H2,1-2H3,(H,14,15). The minimum absolute atomic E-state index is 0.156. The van der Waals surface area contributed by atoms with Crippen molar-refractivity contribution in [3.63, 3.8) is 0 Å². The SMILES string of the molecule is Cc1ccc2c(c1)CC(C)(CCC(=O)O)O2. The molecule has 0 spiro atoms. The van der Waals surface area contributed by atoms with Gasteiger partial charge in [0.05, 0.1) is 0 Å². The normalized spacial score (nSPS) is 22.6. The first-order chi connectivity index (χ1) is 7.48. The summed E-state index contributed by atoms with van der Waals surface area (Å²) in [5.41, 5.74) is 2.05. The third kappa shape index (κ3) is 2.18. The van der Waals surface area contributed by atoms with Gasteiger partial charge in [0.15, 0.2) is 0 Å². The Bertz CT molecular complexity index is 425. The zero-order valence-corrected chi connectivity index (χ0v) is 9.62. The van der Waals surface area contributed by atoms with Crippen molar-refractivity contribution < 1.29 is 14.6 Å². The maximum Gasteiger partial charge on any atom is 0.303 e. The van der Waals surface area contributed by atoms with Gasteiger partial charge in [0.2, 0.25) is 0 Å². The van der Waals surface area contributed by atoms with Crippen LogP contribution in [0.5, 0.6) is 5.75 Å². The number of carboxylic acids is 1. The lowest BCUT2D eigenvalue weighted by Gasteiger charge is -2.22. The summed E-state index contributed by atoms with van der Waals surface area (Å²) in [5, 5.41) is 8.69. The van der Waals surface area contributed by atoms with Crippen LogP contribution in [0.15, 0.2) is 18.2 Å². The van der Waals surface area contributed by atoms with Crippen LogP contribution in [0.3, 0.4) is 0 Å². The molecule has 0 amide bonds. The van der Waals surface area contributed by atoms with E-state index >= 15 is 0 Å². The zero-order chi connectivity index (χ0) is 11.8. The molecule has 1 atom stereocenters. The molecule has 0 radical (unpaired) electrons. The van der Waals surface area contributed by atoms with Crippen molar-refractivity contribution in [3.8, 4) is 5.75 Å². The molecule has 0 aromatic heterocycles. The number of rotatable bonds is 3. The molecule has 1 aliphatic rings. The first-order valence-electron chi connectivity index (χ1n) is 5.49. The average molecular weight is 220 g/mol. The van der Waals surface area contributed by atoms with Crippen LogP contribution < -0.4 is 4.74 Å². The molecule has 0 bridgehead atoms. The molecule has 0 saturated carbocycles. The molecule has 1 N–H and O–H groups in total. The van der Waals surface area contributed by atoms with E-state index in [1.807, 2.05) is 26.0 Å². The topological polar surface area (TPSA) is 46.5 Å². The molecular weight excluding hydrogens is 204 g/mol. The van der Waals surface area contributed by atoms with Crippen molar-refractivity contribution in [1.82, 2.24) is 0 Å². The van der Waals surface area contributed by atoms with Crippen LogP contribution in [0.4, 0.5) is 0 Å². The number of hydrogen-bond acceptors (Lipinski definition) is 2. The zero-order valence-electron chi connectivity index (χ0n) is 9.62. The number of hydrogen-bond donors (Lipinski definition) is 1. The Morgan fingerprint density at radius 3 is 3.00 bits per heavy atom. The highest BCUT2D eigenvalue weighted by Crippen LogP contribution is 2.37. The molecule has 86 valence electrons. The molecule has 0 aliphatic carbocycles. The second kappa shape index (κ2) is 3.81. The van der Waals surface area contributed by atoms with Gasteiger partial charge in [-0.05, 0) is 31.9 Å². The summed E-state index contributed by atoms with van der Waals surface area (Å²) in [6, 6.07) is 6.10. The summed E-state index contributed by atoms with van der Waals surface area (Å²) < 4.78 is 5.84. The first kappa shape index (κ1) is 11.0. The van der Waals surface area contributed by atoms with Gasteiger partial charge in [0, 0.05) is 12.8 Å². The molecule has 1 aromatic carbocycles. The number of aliphatic carboxylic acids is 1. The first-order valence-corrected chi connectivity index (χ1v) is 5.49. The second-order valence-electron chi connectivity index (χ2n) is 4.73. The lowest BCUT2D eigenvalue weighted by molar-refractivity contribution is -0.138. The monoisotopic (exact) mass is 220 g/mol. The Morgan fingerprint density at radius 2 is 2.31 bits per heavy atom. The van der Waals surface area contributed by atoms with Gasteiger partial charge < -0.3 is 9.84 Å². The third-order valence-corrected chi connectivity index (χ3v) is 3.00. The molecule has 3 heteroatoms. The number of fused-ring (bicyclic) bond motifs is 1. The quantitative estimate of drug-likeness (QED) is 0.851. The van der Waals surface area contributed by atoms with Crippen LogP contribution in [-0.2, 0) is 11.2 Å². The fraction of sp³-hybridized carbons (Fsp3) is 0.462. The molecular formula is C13H16O3. The van der Waals surface area contributed by atoms with Crippen molar-refractivity contribution in [1.29, 1.82) is 0 Å². The highest BCUT2D eigenvalue weighted by atomic mass is 16.5.